The molecule has 21 heavy (non-hydrogen) atoms. The van der Waals surface area contributed by atoms with Gasteiger partial charge in [-0.3, -0.25) is 4.79 Å². The van der Waals surface area contributed by atoms with Gasteiger partial charge < -0.3 is 14.8 Å². The number of amides is 1. The number of benzene rings is 2. The van der Waals surface area contributed by atoms with Crippen LogP contribution in [0.15, 0.2) is 42.5 Å². The molecule has 0 unspecified atom stereocenters. The molecule has 2 aromatic rings. The lowest BCUT2D eigenvalue weighted by Gasteiger charge is -2.10. The fourth-order valence-electron chi connectivity index (χ4n) is 1.91. The summed E-state index contributed by atoms with van der Waals surface area (Å²) in [5.74, 6) is 0.702. The molecule has 1 N–H and O–H groups in total. The van der Waals surface area contributed by atoms with Crippen LogP contribution in [0.3, 0.4) is 0 Å². The minimum absolute atomic E-state index is 0.157. The number of nitrogens with one attached hydrogen (secondary N) is 1. The van der Waals surface area contributed by atoms with Crippen molar-refractivity contribution in [1.82, 2.24) is 0 Å². The summed E-state index contributed by atoms with van der Waals surface area (Å²) in [5.41, 5.74) is 1.30. The predicted octanol–water partition coefficient (Wildman–Crippen LogP) is 3.02. The van der Waals surface area contributed by atoms with Gasteiger partial charge in [-0.1, -0.05) is 6.07 Å². The van der Waals surface area contributed by atoms with Crippen molar-refractivity contribution in [3.05, 3.63) is 53.8 Å². The van der Waals surface area contributed by atoms with Crippen LogP contribution in [0.2, 0.25) is 0 Å². The molecule has 2 rings (SSSR count). The van der Waals surface area contributed by atoms with Crippen LogP contribution in [-0.4, -0.2) is 20.1 Å². The number of anilines is 1. The van der Waals surface area contributed by atoms with Crippen molar-refractivity contribution >= 4 is 11.6 Å². The van der Waals surface area contributed by atoms with Gasteiger partial charge in [0.05, 0.1) is 20.6 Å². The number of rotatable bonds is 5. The smallest absolute Gasteiger partial charge is 0.228 e. The number of hydrogen-bond acceptors (Lipinski definition) is 3. The second-order valence-electron chi connectivity index (χ2n) is 4.41. The molecule has 0 atom stereocenters. The van der Waals surface area contributed by atoms with Gasteiger partial charge in [-0.2, -0.15) is 0 Å². The van der Waals surface area contributed by atoms with Crippen LogP contribution >= 0.6 is 0 Å². The number of halogens is 1. The fraction of sp³-hybridized carbons (Fsp3) is 0.188. The fourth-order valence-corrected chi connectivity index (χ4v) is 1.91. The van der Waals surface area contributed by atoms with Gasteiger partial charge in [0.2, 0.25) is 5.91 Å². The summed E-state index contributed by atoms with van der Waals surface area (Å²) in [6.07, 6.45) is 0.157. The number of hydrogen-bond donors (Lipinski definition) is 1. The first-order valence-electron chi connectivity index (χ1n) is 6.38. The van der Waals surface area contributed by atoms with Crippen LogP contribution in [0, 0.1) is 5.82 Å². The summed E-state index contributed by atoms with van der Waals surface area (Å²) in [6, 6.07) is 10.9. The SMILES string of the molecule is COc1ccc(CC(=O)Nc2ccc(F)cc2)c(OC)c1. The average Bonchev–Trinajstić information content (AvgIpc) is 2.50. The molecule has 0 saturated carbocycles. The van der Waals surface area contributed by atoms with E-state index in [1.807, 2.05) is 0 Å². The summed E-state index contributed by atoms with van der Waals surface area (Å²) < 4.78 is 23.2. The highest BCUT2D eigenvalue weighted by Crippen LogP contribution is 2.25. The highest BCUT2D eigenvalue weighted by molar-refractivity contribution is 5.92. The van der Waals surface area contributed by atoms with Crippen molar-refractivity contribution in [2.24, 2.45) is 0 Å². The minimum atomic E-state index is -0.343. The summed E-state index contributed by atoms with van der Waals surface area (Å²) >= 11 is 0. The zero-order valence-electron chi connectivity index (χ0n) is 11.9. The van der Waals surface area contributed by atoms with Gasteiger partial charge in [-0.05, 0) is 30.3 Å². The lowest BCUT2D eigenvalue weighted by molar-refractivity contribution is -0.115. The van der Waals surface area contributed by atoms with Crippen LogP contribution in [0.5, 0.6) is 11.5 Å². The Hall–Kier alpha value is -2.56. The van der Waals surface area contributed by atoms with Gasteiger partial charge in [0.1, 0.15) is 17.3 Å². The van der Waals surface area contributed by atoms with Gasteiger partial charge in [-0.25, -0.2) is 4.39 Å². The van der Waals surface area contributed by atoms with Crippen molar-refractivity contribution in [2.45, 2.75) is 6.42 Å². The highest BCUT2D eigenvalue weighted by atomic mass is 19.1. The minimum Gasteiger partial charge on any atom is -0.497 e. The molecule has 110 valence electrons. The second-order valence-corrected chi connectivity index (χ2v) is 4.41. The largest absolute Gasteiger partial charge is 0.497 e. The van der Waals surface area contributed by atoms with Crippen LogP contribution in [0.1, 0.15) is 5.56 Å². The lowest BCUT2D eigenvalue weighted by Crippen LogP contribution is -2.14. The van der Waals surface area contributed by atoms with Crippen molar-refractivity contribution in [1.29, 1.82) is 0 Å². The molecule has 0 aliphatic carbocycles. The summed E-state index contributed by atoms with van der Waals surface area (Å²) in [5, 5.41) is 2.71. The Morgan fingerprint density at radius 1 is 1.10 bits per heavy atom. The molecule has 0 spiro atoms. The third-order valence-electron chi connectivity index (χ3n) is 2.97. The molecule has 0 bridgehead atoms. The maximum Gasteiger partial charge on any atom is 0.228 e. The summed E-state index contributed by atoms with van der Waals surface area (Å²) in [4.78, 5) is 12.0. The van der Waals surface area contributed by atoms with E-state index in [4.69, 9.17) is 9.47 Å². The molecule has 0 aliphatic rings. The Labute approximate surface area is 122 Å². The van der Waals surface area contributed by atoms with Crippen molar-refractivity contribution in [2.75, 3.05) is 19.5 Å². The molecule has 2 aromatic carbocycles. The maximum absolute atomic E-state index is 12.8. The third kappa shape index (κ3) is 3.95. The van der Waals surface area contributed by atoms with Crippen LogP contribution < -0.4 is 14.8 Å². The van der Waals surface area contributed by atoms with Crippen LogP contribution in [-0.2, 0) is 11.2 Å². The second kappa shape index (κ2) is 6.74. The molecule has 0 aromatic heterocycles. The normalized spacial score (nSPS) is 10.0. The van der Waals surface area contributed by atoms with Gasteiger partial charge in [0.25, 0.3) is 0 Å². The molecule has 0 saturated heterocycles. The molecule has 4 nitrogen and oxygen atoms in total. The van der Waals surface area contributed by atoms with E-state index < -0.39 is 0 Å². The summed E-state index contributed by atoms with van der Waals surface area (Å²) in [6.45, 7) is 0. The molecule has 0 heterocycles. The number of methoxy groups -OCH3 is 2. The molecule has 1 amide bonds. The first-order chi connectivity index (χ1) is 10.1. The van der Waals surface area contributed by atoms with Gasteiger partial charge >= 0.3 is 0 Å². The Morgan fingerprint density at radius 3 is 2.43 bits per heavy atom. The highest BCUT2D eigenvalue weighted by Gasteiger charge is 2.10. The van der Waals surface area contributed by atoms with E-state index in [-0.39, 0.29) is 18.1 Å². The Balaban J connectivity index is 2.07. The topological polar surface area (TPSA) is 47.6 Å². The number of ether oxygens (including phenoxy) is 2. The Kier molecular flexibility index (Phi) is 4.77. The van der Waals surface area contributed by atoms with E-state index in [0.29, 0.717) is 17.2 Å². The molecular weight excluding hydrogens is 273 g/mol. The van der Waals surface area contributed by atoms with Crippen molar-refractivity contribution in [3.8, 4) is 11.5 Å². The van der Waals surface area contributed by atoms with Gasteiger partial charge in [0.15, 0.2) is 0 Å². The number of carbonyl (C=O) groups excluding carboxylic acids is 1. The Morgan fingerprint density at radius 2 is 1.81 bits per heavy atom. The standard InChI is InChI=1S/C16H16FNO3/c1-20-14-8-3-11(15(10-14)21-2)9-16(19)18-13-6-4-12(17)5-7-13/h3-8,10H,9H2,1-2H3,(H,18,19). The van der Waals surface area contributed by atoms with E-state index in [0.717, 1.165) is 5.56 Å². The van der Waals surface area contributed by atoms with Crippen LogP contribution in [0.4, 0.5) is 10.1 Å². The van der Waals surface area contributed by atoms with E-state index in [1.165, 1.54) is 31.4 Å². The van der Waals surface area contributed by atoms with E-state index in [2.05, 4.69) is 5.32 Å². The molecule has 0 radical (unpaired) electrons. The zero-order chi connectivity index (χ0) is 15.2. The van der Waals surface area contributed by atoms with E-state index in [1.54, 1.807) is 25.3 Å². The lowest BCUT2D eigenvalue weighted by atomic mass is 10.1. The first-order valence-corrected chi connectivity index (χ1v) is 6.38. The van der Waals surface area contributed by atoms with E-state index in [9.17, 15) is 9.18 Å². The number of carbonyl (C=O) groups is 1. The Bertz CT molecular complexity index is 626. The maximum atomic E-state index is 12.8. The third-order valence-corrected chi connectivity index (χ3v) is 2.97. The predicted molar refractivity (Wildman–Crippen MR) is 78.3 cm³/mol. The molecular formula is C16H16FNO3. The van der Waals surface area contributed by atoms with E-state index >= 15 is 0 Å². The van der Waals surface area contributed by atoms with Gasteiger partial charge in [-0.15, -0.1) is 0 Å². The van der Waals surface area contributed by atoms with Crippen LogP contribution in [0.25, 0.3) is 0 Å². The molecule has 0 aliphatic heterocycles. The zero-order valence-corrected chi connectivity index (χ0v) is 11.9. The average molecular weight is 289 g/mol. The van der Waals surface area contributed by atoms with Crippen molar-refractivity contribution < 1.29 is 18.7 Å². The first kappa shape index (κ1) is 14.8. The van der Waals surface area contributed by atoms with Gasteiger partial charge in [0, 0.05) is 17.3 Å². The summed E-state index contributed by atoms with van der Waals surface area (Å²) in [7, 11) is 3.10. The monoisotopic (exact) mass is 289 g/mol. The quantitative estimate of drug-likeness (QED) is 0.920. The molecule has 5 heteroatoms. The molecule has 0 fully saturated rings. The van der Waals surface area contributed by atoms with Crippen molar-refractivity contribution in [3.63, 3.8) is 0 Å².